The number of thiophene rings is 1. The number of rotatable bonds is 7. The van der Waals surface area contributed by atoms with E-state index in [-0.39, 0.29) is 11.3 Å². The molecule has 8 heteroatoms. The van der Waals surface area contributed by atoms with E-state index < -0.39 is 9.84 Å². The van der Waals surface area contributed by atoms with Crippen LogP contribution in [0.15, 0.2) is 22.8 Å². The Hall–Kier alpha value is -1.22. The number of aryl methyl sites for hydroxylation is 1. The summed E-state index contributed by atoms with van der Waals surface area (Å²) in [5.74, 6) is 0. The van der Waals surface area contributed by atoms with Crippen LogP contribution in [-0.4, -0.2) is 48.9 Å². The topological polar surface area (TPSA) is 64.4 Å². The first-order chi connectivity index (χ1) is 11.8. The predicted molar refractivity (Wildman–Crippen MR) is 98.5 cm³/mol. The number of nitrogens with zero attached hydrogens (tertiary/aromatic N) is 3. The van der Waals surface area contributed by atoms with Crippen molar-refractivity contribution in [3.8, 4) is 0 Å². The molecule has 6 nitrogen and oxygen atoms in total. The van der Waals surface area contributed by atoms with Crippen molar-refractivity contribution in [1.82, 2.24) is 14.5 Å². The van der Waals surface area contributed by atoms with Crippen molar-refractivity contribution in [1.29, 1.82) is 0 Å². The summed E-state index contributed by atoms with van der Waals surface area (Å²) < 4.78 is 31.7. The fraction of sp³-hybridized carbons (Fsp3) is 0.588. The van der Waals surface area contributed by atoms with E-state index in [4.69, 9.17) is 4.74 Å². The maximum Gasteiger partial charge on any atom is 0.227 e. The van der Waals surface area contributed by atoms with Crippen LogP contribution in [0.2, 0.25) is 0 Å². The molecule has 1 fully saturated rings. The lowest BCUT2D eigenvalue weighted by molar-refractivity contribution is 0.0934. The maximum atomic E-state index is 12.1. The third-order valence-electron chi connectivity index (χ3n) is 4.46. The van der Waals surface area contributed by atoms with E-state index in [1.165, 1.54) is 16.7 Å². The van der Waals surface area contributed by atoms with Crippen LogP contribution in [0.25, 0.3) is 0 Å². The van der Waals surface area contributed by atoms with Gasteiger partial charge in [-0.05, 0) is 43.8 Å². The Balaban J connectivity index is 1.79. The molecule has 25 heavy (non-hydrogen) atoms. The number of hydrogen-bond acceptors (Lipinski definition) is 6. The van der Waals surface area contributed by atoms with E-state index in [9.17, 15) is 8.42 Å². The molecule has 2 aromatic heterocycles. The lowest BCUT2D eigenvalue weighted by Crippen LogP contribution is -2.24. The Labute approximate surface area is 153 Å². The SMILES string of the molecule is Cc1ccsc1CN(C)Cc1cnc(S(C)(=O)=O)n1C[C@H]1CCCO1. The minimum Gasteiger partial charge on any atom is -0.376 e. The third-order valence-corrected chi connectivity index (χ3v) is 6.45. The highest BCUT2D eigenvalue weighted by molar-refractivity contribution is 7.90. The van der Waals surface area contributed by atoms with E-state index in [0.29, 0.717) is 13.1 Å². The van der Waals surface area contributed by atoms with Gasteiger partial charge in [0, 0.05) is 30.8 Å². The standard InChI is InChI=1S/C17H25N3O3S2/c1-13-6-8-24-16(13)12-19(2)10-14-9-18-17(25(3,21)22)20(14)11-15-5-4-7-23-15/h6,8-9,15H,4-5,7,10-12H2,1-3H3/t15-/m1/s1. The van der Waals surface area contributed by atoms with Crippen LogP contribution >= 0.6 is 11.3 Å². The van der Waals surface area contributed by atoms with Gasteiger partial charge in [-0.1, -0.05) is 0 Å². The van der Waals surface area contributed by atoms with Crippen molar-refractivity contribution < 1.29 is 13.2 Å². The summed E-state index contributed by atoms with van der Waals surface area (Å²) in [6.45, 7) is 4.89. The summed E-state index contributed by atoms with van der Waals surface area (Å²) in [6, 6.07) is 2.12. The lowest BCUT2D eigenvalue weighted by atomic mass is 10.2. The van der Waals surface area contributed by atoms with Crippen LogP contribution in [0.4, 0.5) is 0 Å². The normalized spacial score (nSPS) is 18.3. The van der Waals surface area contributed by atoms with E-state index in [0.717, 1.165) is 31.7 Å². The smallest absolute Gasteiger partial charge is 0.227 e. The summed E-state index contributed by atoms with van der Waals surface area (Å²) in [4.78, 5) is 7.71. The van der Waals surface area contributed by atoms with E-state index in [1.807, 2.05) is 11.6 Å². The Morgan fingerprint density at radius 1 is 1.44 bits per heavy atom. The van der Waals surface area contributed by atoms with Crippen LogP contribution in [0.1, 0.15) is 29.0 Å². The maximum absolute atomic E-state index is 12.1. The van der Waals surface area contributed by atoms with Crippen molar-refractivity contribution in [3.63, 3.8) is 0 Å². The zero-order valence-electron chi connectivity index (χ0n) is 14.9. The molecule has 0 aliphatic carbocycles. The van der Waals surface area contributed by atoms with Gasteiger partial charge in [-0.3, -0.25) is 4.90 Å². The van der Waals surface area contributed by atoms with Gasteiger partial charge in [0.05, 0.1) is 24.5 Å². The first-order valence-electron chi connectivity index (χ1n) is 8.42. The van der Waals surface area contributed by atoms with E-state index in [1.54, 1.807) is 17.5 Å². The molecule has 0 aromatic carbocycles. The molecule has 1 saturated heterocycles. The first kappa shape index (κ1) is 18.6. The molecule has 0 bridgehead atoms. The molecule has 2 aromatic rings. The van der Waals surface area contributed by atoms with Gasteiger partial charge >= 0.3 is 0 Å². The van der Waals surface area contributed by atoms with Crippen molar-refractivity contribution in [2.75, 3.05) is 19.9 Å². The predicted octanol–water partition coefficient (Wildman–Crippen LogP) is 2.47. The van der Waals surface area contributed by atoms with Gasteiger partial charge < -0.3 is 9.30 Å². The van der Waals surface area contributed by atoms with E-state index >= 15 is 0 Å². The van der Waals surface area contributed by atoms with Crippen molar-refractivity contribution >= 4 is 21.2 Å². The molecule has 138 valence electrons. The molecule has 3 heterocycles. The van der Waals surface area contributed by atoms with Crippen LogP contribution in [-0.2, 0) is 34.2 Å². The largest absolute Gasteiger partial charge is 0.376 e. The second kappa shape index (κ2) is 7.57. The molecule has 1 aliphatic rings. The average molecular weight is 384 g/mol. The number of imidazole rings is 1. The number of hydrogen-bond donors (Lipinski definition) is 0. The van der Waals surface area contributed by atoms with Gasteiger partial charge in [0.1, 0.15) is 0 Å². The lowest BCUT2D eigenvalue weighted by Gasteiger charge is -2.20. The van der Waals surface area contributed by atoms with E-state index in [2.05, 4.69) is 28.3 Å². The van der Waals surface area contributed by atoms with Crippen LogP contribution in [0.3, 0.4) is 0 Å². The first-order valence-corrected chi connectivity index (χ1v) is 11.2. The van der Waals surface area contributed by atoms with Crippen LogP contribution in [0.5, 0.6) is 0 Å². The quantitative estimate of drug-likeness (QED) is 0.735. The molecule has 0 spiro atoms. The number of sulfone groups is 1. The second-order valence-electron chi connectivity index (χ2n) is 6.75. The second-order valence-corrected chi connectivity index (χ2v) is 9.66. The number of ether oxygens (including phenoxy) is 1. The fourth-order valence-electron chi connectivity index (χ4n) is 3.15. The van der Waals surface area contributed by atoms with Crippen molar-refractivity contribution in [2.24, 2.45) is 0 Å². The summed E-state index contributed by atoms with van der Waals surface area (Å²) in [7, 11) is -1.32. The van der Waals surface area contributed by atoms with Crippen LogP contribution in [0, 0.1) is 6.92 Å². The molecule has 0 radical (unpaired) electrons. The fourth-order valence-corrected chi connectivity index (χ4v) is 4.97. The molecule has 1 atom stereocenters. The van der Waals surface area contributed by atoms with Gasteiger partial charge in [-0.15, -0.1) is 11.3 Å². The summed E-state index contributed by atoms with van der Waals surface area (Å²) in [6.07, 6.45) is 4.96. The van der Waals surface area contributed by atoms with Gasteiger partial charge in [0.15, 0.2) is 0 Å². The Kier molecular flexibility index (Phi) is 5.62. The van der Waals surface area contributed by atoms with Crippen molar-refractivity contribution in [3.05, 3.63) is 33.8 Å². The highest BCUT2D eigenvalue weighted by atomic mass is 32.2. The highest BCUT2D eigenvalue weighted by Crippen LogP contribution is 2.21. The van der Waals surface area contributed by atoms with Crippen LogP contribution < -0.4 is 0 Å². The average Bonchev–Trinajstić information content (AvgIpc) is 3.23. The molecule has 0 N–H and O–H groups in total. The molecular weight excluding hydrogens is 358 g/mol. The minimum absolute atomic E-state index is 0.0679. The van der Waals surface area contributed by atoms with Gasteiger partial charge in [-0.2, -0.15) is 0 Å². The Bertz CT molecular complexity index is 820. The third kappa shape index (κ3) is 4.49. The Morgan fingerprint density at radius 2 is 2.24 bits per heavy atom. The van der Waals surface area contributed by atoms with Gasteiger partial charge in [0.25, 0.3) is 0 Å². The minimum atomic E-state index is -3.37. The highest BCUT2D eigenvalue weighted by Gasteiger charge is 2.24. The van der Waals surface area contributed by atoms with Gasteiger partial charge in [-0.25, -0.2) is 13.4 Å². The molecule has 3 rings (SSSR count). The molecular formula is C17H25N3O3S2. The molecule has 0 unspecified atom stereocenters. The van der Waals surface area contributed by atoms with Gasteiger partial charge in [0.2, 0.25) is 15.0 Å². The number of aromatic nitrogens is 2. The summed E-state index contributed by atoms with van der Waals surface area (Å²) in [5.41, 5.74) is 2.20. The zero-order chi connectivity index (χ0) is 18.0. The summed E-state index contributed by atoms with van der Waals surface area (Å²) >= 11 is 1.75. The van der Waals surface area contributed by atoms with Crippen molar-refractivity contribution in [2.45, 2.75) is 50.7 Å². The Morgan fingerprint density at radius 3 is 2.84 bits per heavy atom. The molecule has 0 saturated carbocycles. The summed E-state index contributed by atoms with van der Waals surface area (Å²) in [5, 5.41) is 2.24. The molecule has 0 amide bonds. The zero-order valence-corrected chi connectivity index (χ0v) is 16.6. The molecule has 1 aliphatic heterocycles. The monoisotopic (exact) mass is 383 g/mol.